The van der Waals surface area contributed by atoms with Gasteiger partial charge in [0.2, 0.25) is 15.9 Å². The third-order valence-electron chi connectivity index (χ3n) is 6.18. The monoisotopic (exact) mass is 472 g/mol. The Bertz CT molecular complexity index is 1030. The van der Waals surface area contributed by atoms with Gasteiger partial charge in [-0.2, -0.15) is 4.31 Å². The maximum atomic E-state index is 13.0. The van der Waals surface area contributed by atoms with Crippen LogP contribution in [0.25, 0.3) is 0 Å². The summed E-state index contributed by atoms with van der Waals surface area (Å²) in [5.41, 5.74) is 2.95. The molecule has 7 heteroatoms. The molecule has 1 heterocycles. The molecule has 2 aromatic carbocycles. The number of carbonyl (C=O) groups is 1. The predicted octanol–water partition coefficient (Wildman–Crippen LogP) is 4.24. The van der Waals surface area contributed by atoms with E-state index < -0.39 is 10.0 Å². The lowest BCUT2D eigenvalue weighted by atomic mass is 9.97. The molecule has 0 radical (unpaired) electrons. The van der Waals surface area contributed by atoms with Crippen molar-refractivity contribution in [3.8, 4) is 5.75 Å². The van der Waals surface area contributed by atoms with E-state index in [1.54, 1.807) is 6.07 Å². The Morgan fingerprint density at radius 3 is 2.42 bits per heavy atom. The highest BCUT2D eigenvalue weighted by Gasteiger charge is 2.32. The Hall–Kier alpha value is -2.38. The van der Waals surface area contributed by atoms with Gasteiger partial charge >= 0.3 is 0 Å². The molecule has 1 amide bonds. The Kier molecular flexibility index (Phi) is 8.92. The number of sulfonamides is 1. The van der Waals surface area contributed by atoms with Crippen LogP contribution in [-0.2, 0) is 21.2 Å². The molecule has 0 aromatic heterocycles. The number of ether oxygens (including phenoxy) is 1. The minimum Gasteiger partial charge on any atom is -0.494 e. The molecule has 33 heavy (non-hydrogen) atoms. The van der Waals surface area contributed by atoms with E-state index in [1.165, 1.54) is 4.31 Å². The van der Waals surface area contributed by atoms with Crippen LogP contribution in [0.3, 0.4) is 0 Å². The molecule has 0 aliphatic carbocycles. The van der Waals surface area contributed by atoms with Gasteiger partial charge in [0.1, 0.15) is 5.75 Å². The number of nitrogens with one attached hydrogen (secondary N) is 1. The van der Waals surface area contributed by atoms with Crippen molar-refractivity contribution in [3.05, 3.63) is 59.2 Å². The van der Waals surface area contributed by atoms with Gasteiger partial charge in [0, 0.05) is 25.6 Å². The van der Waals surface area contributed by atoms with Crippen LogP contribution >= 0.6 is 0 Å². The van der Waals surface area contributed by atoms with Gasteiger partial charge < -0.3 is 10.1 Å². The van der Waals surface area contributed by atoms with Crippen LogP contribution < -0.4 is 10.1 Å². The van der Waals surface area contributed by atoms with Crippen LogP contribution in [-0.4, -0.2) is 44.9 Å². The molecular weight excluding hydrogens is 436 g/mol. The molecular formula is C26H36N2O4S. The summed E-state index contributed by atoms with van der Waals surface area (Å²) in [6, 6.07) is 13.4. The average molecular weight is 473 g/mol. The summed E-state index contributed by atoms with van der Waals surface area (Å²) in [6.45, 7) is 7.95. The van der Waals surface area contributed by atoms with E-state index in [4.69, 9.17) is 4.74 Å². The summed E-state index contributed by atoms with van der Waals surface area (Å²) >= 11 is 0. The number of hydrogen-bond acceptors (Lipinski definition) is 4. The predicted molar refractivity (Wildman–Crippen MR) is 131 cm³/mol. The number of rotatable bonds is 10. The molecule has 2 aromatic rings. The standard InChI is InChI=1S/C26H36N2O4S/c1-4-5-18-32-24-9-7-22(8-10-24)12-15-27-26(29)23-13-16-28(17-14-23)33(30,31)25-11-6-20(2)19-21(25)3/h6-11,19,23H,4-5,12-18H2,1-3H3,(H,27,29). The first-order chi connectivity index (χ1) is 15.8. The van der Waals surface area contributed by atoms with E-state index in [0.717, 1.165) is 48.3 Å². The Morgan fingerprint density at radius 1 is 1.09 bits per heavy atom. The molecule has 0 unspecified atom stereocenters. The van der Waals surface area contributed by atoms with E-state index in [0.29, 0.717) is 37.4 Å². The third kappa shape index (κ3) is 6.81. The number of benzene rings is 2. The van der Waals surface area contributed by atoms with Gasteiger partial charge in [-0.3, -0.25) is 4.79 Å². The van der Waals surface area contributed by atoms with Crippen molar-refractivity contribution in [1.82, 2.24) is 9.62 Å². The Labute approximate surface area is 198 Å². The fraction of sp³-hybridized carbons (Fsp3) is 0.500. The molecule has 0 spiro atoms. The summed E-state index contributed by atoms with van der Waals surface area (Å²) < 4.78 is 33.3. The second-order valence-corrected chi connectivity index (χ2v) is 10.7. The lowest BCUT2D eigenvalue weighted by molar-refractivity contribution is -0.126. The first-order valence-corrected chi connectivity index (χ1v) is 13.3. The quantitative estimate of drug-likeness (QED) is 0.525. The summed E-state index contributed by atoms with van der Waals surface area (Å²) in [7, 11) is -3.53. The number of carbonyl (C=O) groups excluding carboxylic acids is 1. The van der Waals surface area contributed by atoms with Crippen molar-refractivity contribution < 1.29 is 17.9 Å². The van der Waals surface area contributed by atoms with Crippen molar-refractivity contribution in [2.45, 2.75) is 57.8 Å². The van der Waals surface area contributed by atoms with Gasteiger partial charge in [0.05, 0.1) is 11.5 Å². The third-order valence-corrected chi connectivity index (χ3v) is 8.23. The number of hydrogen-bond donors (Lipinski definition) is 1. The summed E-state index contributed by atoms with van der Waals surface area (Å²) in [5.74, 6) is 0.738. The highest BCUT2D eigenvalue weighted by atomic mass is 32.2. The molecule has 3 rings (SSSR count). The Balaban J connectivity index is 1.44. The number of aryl methyl sites for hydroxylation is 2. The molecule has 1 fully saturated rings. The molecule has 1 aliphatic heterocycles. The number of piperidine rings is 1. The molecule has 180 valence electrons. The molecule has 0 bridgehead atoms. The van der Waals surface area contributed by atoms with Crippen LogP contribution in [0.15, 0.2) is 47.4 Å². The van der Waals surface area contributed by atoms with Crippen LogP contribution in [0.5, 0.6) is 5.75 Å². The molecule has 1 aliphatic rings. The normalized spacial score (nSPS) is 15.4. The van der Waals surface area contributed by atoms with E-state index in [2.05, 4.69) is 12.2 Å². The van der Waals surface area contributed by atoms with E-state index >= 15 is 0 Å². The highest BCUT2D eigenvalue weighted by molar-refractivity contribution is 7.89. The minimum absolute atomic E-state index is 0.0121. The number of amides is 1. The first kappa shape index (κ1) is 25.2. The highest BCUT2D eigenvalue weighted by Crippen LogP contribution is 2.26. The van der Waals surface area contributed by atoms with Gasteiger partial charge in [-0.05, 0) is 68.9 Å². The second-order valence-electron chi connectivity index (χ2n) is 8.83. The maximum Gasteiger partial charge on any atom is 0.243 e. The van der Waals surface area contributed by atoms with Gasteiger partial charge in [-0.25, -0.2) is 8.42 Å². The van der Waals surface area contributed by atoms with Gasteiger partial charge in [-0.15, -0.1) is 0 Å². The van der Waals surface area contributed by atoms with Crippen molar-refractivity contribution in [1.29, 1.82) is 0 Å². The first-order valence-electron chi connectivity index (χ1n) is 11.9. The van der Waals surface area contributed by atoms with Crippen LogP contribution in [0, 0.1) is 19.8 Å². The molecule has 0 atom stereocenters. The smallest absolute Gasteiger partial charge is 0.243 e. The molecule has 6 nitrogen and oxygen atoms in total. The molecule has 1 N–H and O–H groups in total. The Morgan fingerprint density at radius 2 is 1.79 bits per heavy atom. The van der Waals surface area contributed by atoms with Gasteiger partial charge in [0.15, 0.2) is 0 Å². The summed E-state index contributed by atoms with van der Waals surface area (Å²) in [5, 5.41) is 3.02. The van der Waals surface area contributed by atoms with Crippen LogP contribution in [0.4, 0.5) is 0 Å². The fourth-order valence-corrected chi connectivity index (χ4v) is 5.82. The fourth-order valence-electron chi connectivity index (χ4n) is 4.15. The zero-order valence-corrected chi connectivity index (χ0v) is 20.8. The molecule has 0 saturated carbocycles. The van der Waals surface area contributed by atoms with E-state index in [1.807, 2.05) is 50.2 Å². The second kappa shape index (κ2) is 11.7. The maximum absolute atomic E-state index is 13.0. The SMILES string of the molecule is CCCCOc1ccc(CCNC(=O)C2CCN(S(=O)(=O)c3ccc(C)cc3C)CC2)cc1. The lowest BCUT2D eigenvalue weighted by Gasteiger charge is -2.31. The van der Waals surface area contributed by atoms with Crippen molar-refractivity contribution in [3.63, 3.8) is 0 Å². The van der Waals surface area contributed by atoms with Crippen molar-refractivity contribution in [2.75, 3.05) is 26.2 Å². The van der Waals surface area contributed by atoms with Crippen molar-refractivity contribution in [2.24, 2.45) is 5.92 Å². The zero-order valence-electron chi connectivity index (χ0n) is 20.0. The molecule has 1 saturated heterocycles. The van der Waals surface area contributed by atoms with Crippen LogP contribution in [0.1, 0.15) is 49.3 Å². The topological polar surface area (TPSA) is 75.7 Å². The number of unbranched alkanes of at least 4 members (excludes halogenated alkanes) is 1. The van der Waals surface area contributed by atoms with Crippen molar-refractivity contribution >= 4 is 15.9 Å². The lowest BCUT2D eigenvalue weighted by Crippen LogP contribution is -2.43. The number of nitrogens with zero attached hydrogens (tertiary/aromatic N) is 1. The van der Waals surface area contributed by atoms with Gasteiger partial charge in [-0.1, -0.05) is 43.2 Å². The average Bonchev–Trinajstić information content (AvgIpc) is 2.80. The minimum atomic E-state index is -3.53. The van der Waals surface area contributed by atoms with E-state index in [9.17, 15) is 13.2 Å². The summed E-state index contributed by atoms with van der Waals surface area (Å²) in [4.78, 5) is 13.0. The summed E-state index contributed by atoms with van der Waals surface area (Å²) in [6.07, 6.45) is 3.99. The van der Waals surface area contributed by atoms with Crippen LogP contribution in [0.2, 0.25) is 0 Å². The van der Waals surface area contributed by atoms with E-state index in [-0.39, 0.29) is 11.8 Å². The zero-order chi connectivity index (χ0) is 23.8. The van der Waals surface area contributed by atoms with Gasteiger partial charge in [0.25, 0.3) is 0 Å². The largest absolute Gasteiger partial charge is 0.494 e.